The normalized spacial score (nSPS) is 12.1. The van der Waals surface area contributed by atoms with Crippen LogP contribution in [0.15, 0.2) is 84.9 Å². The molecule has 0 N–H and O–H groups in total. The van der Waals surface area contributed by atoms with E-state index in [2.05, 4.69) is 29.3 Å². The van der Waals surface area contributed by atoms with Gasteiger partial charge in [0.1, 0.15) is 0 Å². The molecule has 1 atom stereocenters. The number of hydrogen-bond donors (Lipinski definition) is 0. The Kier molecular flexibility index (Phi) is 5.19. The Labute approximate surface area is 169 Å². The zero-order chi connectivity index (χ0) is 19.3. The molecule has 0 aliphatic rings. The fraction of sp³-hybridized carbons (Fsp3) is 0.0400. The summed E-state index contributed by atoms with van der Waals surface area (Å²) in [6.07, 6.45) is 4.04. The van der Waals surface area contributed by atoms with Gasteiger partial charge in [0.25, 0.3) is 0 Å². The molecular formula is C25H17ClN2. The van der Waals surface area contributed by atoms with E-state index in [1.165, 1.54) is 0 Å². The third-order valence-electron chi connectivity index (χ3n) is 4.58. The lowest BCUT2D eigenvalue weighted by Gasteiger charge is -2.11. The van der Waals surface area contributed by atoms with Crippen molar-refractivity contribution in [2.24, 2.45) is 0 Å². The molecule has 0 aliphatic heterocycles. The second-order valence-electron chi connectivity index (χ2n) is 6.53. The first-order valence-corrected chi connectivity index (χ1v) is 9.44. The van der Waals surface area contributed by atoms with Gasteiger partial charge in [-0.2, -0.15) is 5.26 Å². The SMILES string of the molecule is N#Cc1cccc(C(Cl)c2cccc(C=Cc3ccc4ccccc4n3)c2)c1. The highest BCUT2D eigenvalue weighted by molar-refractivity contribution is 6.22. The number of alkyl halides is 1. The van der Waals surface area contributed by atoms with E-state index in [0.717, 1.165) is 33.3 Å². The minimum Gasteiger partial charge on any atom is -0.248 e. The summed E-state index contributed by atoms with van der Waals surface area (Å²) in [6, 6.07) is 29.8. The van der Waals surface area contributed by atoms with Crippen LogP contribution in [0.5, 0.6) is 0 Å². The summed E-state index contributed by atoms with van der Waals surface area (Å²) in [5, 5.41) is 9.92. The van der Waals surface area contributed by atoms with Crippen LogP contribution in [0.25, 0.3) is 23.1 Å². The van der Waals surface area contributed by atoms with Gasteiger partial charge >= 0.3 is 0 Å². The smallest absolute Gasteiger partial charge is 0.0991 e. The molecule has 0 saturated carbocycles. The molecule has 0 aliphatic carbocycles. The van der Waals surface area contributed by atoms with Crippen LogP contribution in [-0.2, 0) is 0 Å². The van der Waals surface area contributed by atoms with Crippen molar-refractivity contribution >= 4 is 34.7 Å². The Bertz CT molecular complexity index is 1200. The quantitative estimate of drug-likeness (QED) is 0.374. The molecule has 28 heavy (non-hydrogen) atoms. The molecule has 0 radical (unpaired) electrons. The minimum absolute atomic E-state index is 0.305. The van der Waals surface area contributed by atoms with Gasteiger partial charge in [-0.3, -0.25) is 0 Å². The lowest BCUT2D eigenvalue weighted by molar-refractivity contribution is 1.14. The van der Waals surface area contributed by atoms with E-state index in [-0.39, 0.29) is 5.38 Å². The summed E-state index contributed by atoms with van der Waals surface area (Å²) in [5.41, 5.74) is 5.46. The zero-order valence-electron chi connectivity index (χ0n) is 15.1. The average Bonchev–Trinajstić information content (AvgIpc) is 2.77. The highest BCUT2D eigenvalue weighted by Crippen LogP contribution is 2.30. The monoisotopic (exact) mass is 380 g/mol. The number of rotatable bonds is 4. The standard InChI is InChI=1S/C25H17ClN2/c26-25(22-9-4-6-19(16-22)17-27)21-8-3-5-18(15-21)11-13-23-14-12-20-7-1-2-10-24(20)28-23/h1-16,25H. The molecule has 4 rings (SSSR count). The molecule has 2 nitrogen and oxygen atoms in total. The highest BCUT2D eigenvalue weighted by atomic mass is 35.5. The molecule has 1 heterocycles. The number of halogens is 1. The average molecular weight is 381 g/mol. The lowest BCUT2D eigenvalue weighted by atomic mass is 10.0. The van der Waals surface area contributed by atoms with Crippen molar-refractivity contribution in [2.75, 3.05) is 0 Å². The first-order valence-electron chi connectivity index (χ1n) is 9.01. The number of pyridine rings is 1. The molecule has 0 fully saturated rings. The van der Waals surface area contributed by atoms with Gasteiger partial charge in [0.2, 0.25) is 0 Å². The number of fused-ring (bicyclic) bond motifs is 1. The van der Waals surface area contributed by atoms with E-state index < -0.39 is 0 Å². The molecule has 3 heteroatoms. The van der Waals surface area contributed by atoms with Crippen molar-refractivity contribution in [2.45, 2.75) is 5.38 Å². The lowest BCUT2D eigenvalue weighted by Crippen LogP contribution is -1.94. The largest absolute Gasteiger partial charge is 0.248 e. The summed E-state index contributed by atoms with van der Waals surface area (Å²) in [5.74, 6) is 0. The molecule has 1 unspecified atom stereocenters. The summed E-state index contributed by atoms with van der Waals surface area (Å²) < 4.78 is 0. The van der Waals surface area contributed by atoms with E-state index in [0.29, 0.717) is 5.56 Å². The van der Waals surface area contributed by atoms with Crippen LogP contribution < -0.4 is 0 Å². The Morgan fingerprint density at radius 3 is 2.46 bits per heavy atom. The Hall–Kier alpha value is -3.41. The highest BCUT2D eigenvalue weighted by Gasteiger charge is 2.11. The number of nitrogens with zero attached hydrogens (tertiary/aromatic N) is 2. The number of para-hydroxylation sites is 1. The molecule has 0 saturated heterocycles. The van der Waals surface area contributed by atoms with Crippen molar-refractivity contribution in [3.8, 4) is 6.07 Å². The van der Waals surface area contributed by atoms with Gasteiger partial charge in [0.15, 0.2) is 0 Å². The van der Waals surface area contributed by atoms with Crippen LogP contribution in [0.2, 0.25) is 0 Å². The first kappa shape index (κ1) is 18.0. The van der Waals surface area contributed by atoms with Gasteiger partial charge in [-0.15, -0.1) is 11.6 Å². The molecule has 0 spiro atoms. The number of benzene rings is 3. The van der Waals surface area contributed by atoms with Crippen molar-refractivity contribution in [3.63, 3.8) is 0 Å². The Morgan fingerprint density at radius 1 is 0.821 bits per heavy atom. The van der Waals surface area contributed by atoms with Crippen LogP contribution in [0.3, 0.4) is 0 Å². The van der Waals surface area contributed by atoms with Crippen molar-refractivity contribution in [1.29, 1.82) is 5.26 Å². The Morgan fingerprint density at radius 2 is 1.61 bits per heavy atom. The molecule has 4 aromatic rings. The van der Waals surface area contributed by atoms with Gasteiger partial charge in [0, 0.05) is 5.39 Å². The maximum Gasteiger partial charge on any atom is 0.0991 e. The number of nitriles is 1. The van der Waals surface area contributed by atoms with Crippen LogP contribution >= 0.6 is 11.6 Å². The summed E-state index contributed by atoms with van der Waals surface area (Å²) >= 11 is 6.67. The second-order valence-corrected chi connectivity index (χ2v) is 6.97. The third-order valence-corrected chi connectivity index (χ3v) is 5.08. The van der Waals surface area contributed by atoms with Crippen LogP contribution in [0.4, 0.5) is 0 Å². The molecule has 1 aromatic heterocycles. The predicted molar refractivity (Wildman–Crippen MR) is 116 cm³/mol. The predicted octanol–water partition coefficient (Wildman–Crippen LogP) is 6.61. The van der Waals surface area contributed by atoms with E-state index in [1.54, 1.807) is 6.07 Å². The fourth-order valence-corrected chi connectivity index (χ4v) is 3.41. The molecular weight excluding hydrogens is 364 g/mol. The zero-order valence-corrected chi connectivity index (χ0v) is 15.8. The fourth-order valence-electron chi connectivity index (χ4n) is 3.13. The summed E-state index contributed by atoms with van der Waals surface area (Å²) in [6.45, 7) is 0. The van der Waals surface area contributed by atoms with Gasteiger partial charge < -0.3 is 0 Å². The van der Waals surface area contributed by atoms with E-state index in [1.807, 2.05) is 72.8 Å². The van der Waals surface area contributed by atoms with Crippen LogP contribution in [-0.4, -0.2) is 4.98 Å². The second kappa shape index (κ2) is 8.08. The van der Waals surface area contributed by atoms with E-state index in [4.69, 9.17) is 16.9 Å². The van der Waals surface area contributed by atoms with Crippen LogP contribution in [0, 0.1) is 11.3 Å². The van der Waals surface area contributed by atoms with Crippen LogP contribution in [0.1, 0.15) is 33.3 Å². The van der Waals surface area contributed by atoms with Gasteiger partial charge in [0.05, 0.1) is 28.2 Å². The molecule has 0 bridgehead atoms. The minimum atomic E-state index is -0.305. The maximum absolute atomic E-state index is 9.09. The van der Waals surface area contributed by atoms with Crippen molar-refractivity contribution in [3.05, 3.63) is 113 Å². The summed E-state index contributed by atoms with van der Waals surface area (Å²) in [7, 11) is 0. The van der Waals surface area contributed by atoms with Gasteiger partial charge in [-0.25, -0.2) is 4.98 Å². The number of hydrogen-bond acceptors (Lipinski definition) is 2. The topological polar surface area (TPSA) is 36.7 Å². The van der Waals surface area contributed by atoms with E-state index >= 15 is 0 Å². The molecule has 134 valence electrons. The third kappa shape index (κ3) is 3.96. The maximum atomic E-state index is 9.09. The van der Waals surface area contributed by atoms with Gasteiger partial charge in [-0.1, -0.05) is 60.7 Å². The molecule has 3 aromatic carbocycles. The first-order chi connectivity index (χ1) is 13.7. The van der Waals surface area contributed by atoms with Gasteiger partial charge in [-0.05, 0) is 53.1 Å². The van der Waals surface area contributed by atoms with E-state index in [9.17, 15) is 0 Å². The Balaban J connectivity index is 1.59. The summed E-state index contributed by atoms with van der Waals surface area (Å²) in [4.78, 5) is 4.67. The van der Waals surface area contributed by atoms with Crippen molar-refractivity contribution < 1.29 is 0 Å². The van der Waals surface area contributed by atoms with Crippen molar-refractivity contribution in [1.82, 2.24) is 4.98 Å². The number of aromatic nitrogens is 1. The molecule has 0 amide bonds.